The molecule has 0 aromatic heterocycles. The molecule has 0 unspecified atom stereocenters. The van der Waals surface area contributed by atoms with Crippen molar-refractivity contribution < 1.29 is 50.9 Å². The van der Waals surface area contributed by atoms with Gasteiger partial charge in [0.2, 0.25) is 5.91 Å². The van der Waals surface area contributed by atoms with Gasteiger partial charge in [-0.25, -0.2) is 9.59 Å². The van der Waals surface area contributed by atoms with E-state index in [4.69, 9.17) is 31.3 Å². The Bertz CT molecular complexity index is 846. The average Bonchev–Trinajstić information content (AvgIpc) is 2.93. The number of benzene rings is 1. The topological polar surface area (TPSA) is 147 Å². The van der Waals surface area contributed by atoms with Crippen molar-refractivity contribution in [3.8, 4) is 0 Å². The zero-order valence-electron chi connectivity index (χ0n) is 24.8. The number of aliphatic carboxylic acids is 2. The number of carboxylic acid groups (broad SMARTS) is 2. The third kappa shape index (κ3) is 25.4. The molecule has 0 aliphatic carbocycles. The van der Waals surface area contributed by atoms with Gasteiger partial charge in [0.05, 0.1) is 6.04 Å². The Morgan fingerprint density at radius 2 is 1.16 bits per heavy atom. The van der Waals surface area contributed by atoms with Gasteiger partial charge in [0.25, 0.3) is 0 Å². The Hall–Kier alpha value is -2.87. The summed E-state index contributed by atoms with van der Waals surface area (Å²) in [5, 5.41) is 14.2. The second-order valence-corrected chi connectivity index (χ2v) is 9.92. The van der Waals surface area contributed by atoms with Crippen LogP contribution in [-0.4, -0.2) is 64.4 Å². The lowest BCUT2D eigenvalue weighted by Gasteiger charge is -2.26. The van der Waals surface area contributed by atoms with Crippen LogP contribution >= 0.6 is 0 Å². The van der Waals surface area contributed by atoms with E-state index in [2.05, 4.69) is 19.1 Å². The number of amides is 1. The normalized spacial score (nSPS) is 11.8. The Balaban J connectivity index is 0. The second-order valence-electron chi connectivity index (χ2n) is 9.92. The third-order valence-corrected chi connectivity index (χ3v) is 6.08. The van der Waals surface area contributed by atoms with E-state index in [1.165, 1.54) is 63.4 Å². The summed E-state index contributed by atoms with van der Waals surface area (Å²) in [6.07, 6.45) is 5.42. The smallest absolute Gasteiger partial charge is 0.475 e. The molecule has 0 saturated carbocycles. The summed E-state index contributed by atoms with van der Waals surface area (Å²) < 4.78 is 63.5. The molecule has 6 N–H and O–H groups in total. The highest BCUT2D eigenvalue weighted by atomic mass is 19.4. The number of carboxylic acids is 2. The lowest BCUT2D eigenvalue weighted by Crippen LogP contribution is -2.43. The van der Waals surface area contributed by atoms with E-state index in [0.717, 1.165) is 32.2 Å². The van der Waals surface area contributed by atoms with Gasteiger partial charge in [-0.05, 0) is 31.4 Å². The first-order chi connectivity index (χ1) is 20.1. The summed E-state index contributed by atoms with van der Waals surface area (Å²) in [7, 11) is 0. The number of alkyl halides is 6. The van der Waals surface area contributed by atoms with Crippen LogP contribution in [0.2, 0.25) is 0 Å². The van der Waals surface area contributed by atoms with Crippen LogP contribution in [-0.2, 0) is 20.9 Å². The fourth-order valence-corrected chi connectivity index (χ4v) is 3.73. The minimum Gasteiger partial charge on any atom is -0.475 e. The Morgan fingerprint density at radius 1 is 0.744 bits per heavy atom. The number of nitrogens with two attached hydrogens (primary N) is 2. The molecule has 14 heteroatoms. The van der Waals surface area contributed by atoms with Gasteiger partial charge in [-0.15, -0.1) is 0 Å². The highest BCUT2D eigenvalue weighted by Crippen LogP contribution is 2.15. The Labute approximate surface area is 249 Å². The fraction of sp³-hybridized carbons (Fsp3) is 0.690. The summed E-state index contributed by atoms with van der Waals surface area (Å²) in [4.78, 5) is 32.7. The number of carbonyl (C=O) groups excluding carboxylic acids is 1. The molecular weight excluding hydrogens is 584 g/mol. The minimum absolute atomic E-state index is 0.0850. The van der Waals surface area contributed by atoms with Crippen LogP contribution in [0.25, 0.3) is 0 Å². The molecule has 1 rings (SSSR count). The Kier molecular flexibility index (Phi) is 24.1. The van der Waals surface area contributed by atoms with Crippen molar-refractivity contribution in [1.29, 1.82) is 0 Å². The number of hydrogen-bond acceptors (Lipinski definition) is 5. The van der Waals surface area contributed by atoms with Crippen LogP contribution in [0, 0.1) is 0 Å². The highest BCUT2D eigenvalue weighted by Gasteiger charge is 2.38. The van der Waals surface area contributed by atoms with Crippen LogP contribution in [0.4, 0.5) is 26.3 Å². The zero-order valence-corrected chi connectivity index (χ0v) is 24.8. The lowest BCUT2D eigenvalue weighted by atomic mass is 10.1. The zero-order chi connectivity index (χ0) is 33.3. The molecule has 1 amide bonds. The van der Waals surface area contributed by atoms with E-state index in [-0.39, 0.29) is 5.91 Å². The summed E-state index contributed by atoms with van der Waals surface area (Å²) in [5.74, 6) is -5.43. The number of unbranched alkanes of at least 4 members (excludes halogenated alkanes) is 10. The number of rotatable bonds is 18. The third-order valence-electron chi connectivity index (χ3n) is 6.08. The van der Waals surface area contributed by atoms with Gasteiger partial charge < -0.3 is 26.6 Å². The van der Waals surface area contributed by atoms with Crippen LogP contribution < -0.4 is 11.5 Å². The van der Waals surface area contributed by atoms with Crippen LogP contribution in [0.5, 0.6) is 0 Å². The van der Waals surface area contributed by atoms with E-state index < -0.39 is 30.3 Å². The molecule has 0 aliphatic rings. The first-order valence-corrected chi connectivity index (χ1v) is 14.5. The molecule has 1 aromatic rings. The maximum atomic E-state index is 12.9. The lowest BCUT2D eigenvalue weighted by molar-refractivity contribution is -0.193. The Morgan fingerprint density at radius 3 is 1.56 bits per heavy atom. The average molecular weight is 632 g/mol. The van der Waals surface area contributed by atoms with E-state index in [1.807, 2.05) is 23.1 Å². The highest BCUT2D eigenvalue weighted by molar-refractivity contribution is 5.81. The largest absolute Gasteiger partial charge is 0.490 e. The van der Waals surface area contributed by atoms with Crippen molar-refractivity contribution in [1.82, 2.24) is 4.90 Å². The molecule has 0 spiro atoms. The van der Waals surface area contributed by atoms with Crippen molar-refractivity contribution in [2.75, 3.05) is 13.1 Å². The SMILES string of the molecule is CCCCCCCCCCCCN(Cc1ccccc1)C(=O)[C@@H](N)CCCCN.O=C(O)C(F)(F)F.O=C(O)C(F)(F)F. The van der Waals surface area contributed by atoms with E-state index in [1.54, 1.807) is 0 Å². The summed E-state index contributed by atoms with van der Waals surface area (Å²) >= 11 is 0. The van der Waals surface area contributed by atoms with Gasteiger partial charge in [-0.1, -0.05) is 101 Å². The van der Waals surface area contributed by atoms with Gasteiger partial charge in [-0.3, -0.25) is 4.79 Å². The summed E-state index contributed by atoms with van der Waals surface area (Å²) in [6.45, 7) is 4.38. The van der Waals surface area contributed by atoms with E-state index >= 15 is 0 Å². The molecule has 8 nitrogen and oxygen atoms in total. The van der Waals surface area contributed by atoms with Gasteiger partial charge in [0, 0.05) is 13.1 Å². The molecule has 0 fully saturated rings. The van der Waals surface area contributed by atoms with E-state index in [9.17, 15) is 31.1 Å². The number of halogens is 6. The van der Waals surface area contributed by atoms with Gasteiger partial charge in [0.1, 0.15) is 0 Å². The molecule has 1 aromatic carbocycles. The van der Waals surface area contributed by atoms with Crippen LogP contribution in [0.3, 0.4) is 0 Å². The maximum absolute atomic E-state index is 12.9. The number of carbonyl (C=O) groups is 3. The molecule has 1 atom stereocenters. The van der Waals surface area contributed by atoms with Crippen molar-refractivity contribution in [3.63, 3.8) is 0 Å². The van der Waals surface area contributed by atoms with Crippen molar-refractivity contribution in [2.24, 2.45) is 11.5 Å². The molecule has 0 aliphatic heterocycles. The molecule has 250 valence electrons. The predicted molar refractivity (Wildman–Crippen MR) is 152 cm³/mol. The minimum atomic E-state index is -5.08. The molecule has 0 bridgehead atoms. The summed E-state index contributed by atoms with van der Waals surface area (Å²) in [5.41, 5.74) is 12.9. The molecule has 0 saturated heterocycles. The van der Waals surface area contributed by atoms with Crippen molar-refractivity contribution >= 4 is 17.8 Å². The van der Waals surface area contributed by atoms with Crippen LogP contribution in [0.15, 0.2) is 30.3 Å². The van der Waals surface area contributed by atoms with Crippen molar-refractivity contribution in [3.05, 3.63) is 35.9 Å². The molecular formula is C29H47F6N3O5. The number of nitrogens with zero attached hydrogens (tertiary/aromatic N) is 1. The fourth-order valence-electron chi connectivity index (χ4n) is 3.73. The van der Waals surface area contributed by atoms with Gasteiger partial charge >= 0.3 is 24.3 Å². The first-order valence-electron chi connectivity index (χ1n) is 14.5. The molecule has 0 heterocycles. The van der Waals surface area contributed by atoms with Gasteiger partial charge in [0.15, 0.2) is 0 Å². The van der Waals surface area contributed by atoms with Gasteiger partial charge in [-0.2, -0.15) is 26.3 Å². The summed E-state index contributed by atoms with van der Waals surface area (Å²) in [6, 6.07) is 9.82. The predicted octanol–water partition coefficient (Wildman–Crippen LogP) is 6.66. The standard InChI is InChI=1S/C25H45N3O.2C2HF3O2/c1-2-3-4-5-6-7-8-9-10-16-21-28(22-23-17-12-11-13-18-23)25(29)24(27)19-14-15-20-26;2*3-2(4,5)1(6)7/h11-13,17-18,24H,2-10,14-16,19-22,26-27H2,1H3;2*(H,6,7)/t24-;;/m0../s1. The number of hydrogen-bond donors (Lipinski definition) is 4. The maximum Gasteiger partial charge on any atom is 0.490 e. The molecule has 43 heavy (non-hydrogen) atoms. The first kappa shape index (κ1) is 42.3. The van der Waals surface area contributed by atoms with Crippen molar-refractivity contribution in [2.45, 2.75) is 115 Å². The van der Waals surface area contributed by atoms with Crippen LogP contribution in [0.1, 0.15) is 96.0 Å². The second kappa shape index (κ2) is 24.6. The quantitative estimate of drug-likeness (QED) is 0.105. The van der Waals surface area contributed by atoms with E-state index in [0.29, 0.717) is 13.1 Å². The monoisotopic (exact) mass is 631 g/mol. The molecule has 0 radical (unpaired) electrons.